The maximum Gasteiger partial charge on any atom is 0.524 e. The lowest BCUT2D eigenvalue weighted by atomic mass is 9.91. The highest BCUT2D eigenvalue weighted by molar-refractivity contribution is 7.46. The number of phenols is 2. The molecule has 0 aliphatic heterocycles. The molecule has 2 aromatic heterocycles. The summed E-state index contributed by atoms with van der Waals surface area (Å²) in [6.45, 7) is 0. The van der Waals surface area contributed by atoms with Crippen molar-refractivity contribution in [3.63, 3.8) is 0 Å². The second-order valence-electron chi connectivity index (χ2n) is 12.8. The minimum Gasteiger partial charge on any atom is -0.746 e. The van der Waals surface area contributed by atoms with Gasteiger partial charge in [0.1, 0.15) is 28.5 Å². The Morgan fingerprint density at radius 3 is 1.39 bits per heavy atom. The molecule has 0 fully saturated rings. The Bertz CT molecular complexity index is 2360. The van der Waals surface area contributed by atoms with Crippen LogP contribution in [0.4, 0.5) is 0 Å². The van der Waals surface area contributed by atoms with Crippen molar-refractivity contribution in [1.29, 1.82) is 0 Å². The van der Waals surface area contributed by atoms with Gasteiger partial charge in [-0.05, 0) is 62.7 Å². The highest BCUT2D eigenvalue weighted by atomic mass is 31.2. The Balaban J connectivity index is 0.000000355. The molecule has 17 heteroatoms. The van der Waals surface area contributed by atoms with Crippen molar-refractivity contribution in [3.05, 3.63) is 166 Å². The van der Waals surface area contributed by atoms with Crippen molar-refractivity contribution in [2.45, 2.75) is 25.7 Å². The summed E-state index contributed by atoms with van der Waals surface area (Å²) in [5.74, 6) is -0.355. The third-order valence-corrected chi connectivity index (χ3v) is 9.94. The number of hydrogen-bond donors (Lipinski definition) is 5. The van der Waals surface area contributed by atoms with Crippen LogP contribution in [0, 0.1) is 0 Å². The van der Waals surface area contributed by atoms with E-state index in [4.69, 9.17) is 9.05 Å². The zero-order chi connectivity index (χ0) is 38.0. The summed E-state index contributed by atoms with van der Waals surface area (Å²) < 4.78 is 33.9. The number of aromatic nitrogens is 2. The summed E-state index contributed by atoms with van der Waals surface area (Å²) in [4.78, 5) is 48.3. The molecule has 15 nitrogen and oxygen atoms in total. The van der Waals surface area contributed by atoms with Crippen LogP contribution in [0.3, 0.4) is 0 Å². The zero-order valence-electron chi connectivity index (χ0n) is 30.0. The molecule has 0 amide bonds. The second-order valence-corrected chi connectivity index (χ2v) is 15.1. The Morgan fingerprint density at radius 2 is 0.947 bits per heavy atom. The minimum atomic E-state index is -5.21. The van der Waals surface area contributed by atoms with Gasteiger partial charge in [-0.3, -0.25) is 14.4 Å². The summed E-state index contributed by atoms with van der Waals surface area (Å²) in [7, 11) is -10.2. The Kier molecular flexibility index (Phi) is 13.9. The average molecular weight is 819 g/mol. The molecule has 1 unspecified atom stereocenters. The number of phenolic OH excluding ortho intramolecular Hbond substituents is 2. The van der Waals surface area contributed by atoms with Gasteiger partial charge in [-0.15, -0.1) is 0 Å². The van der Waals surface area contributed by atoms with Crippen LogP contribution in [0.2, 0.25) is 0 Å². The molecule has 0 saturated carbocycles. The number of para-hydroxylation sites is 4. The average Bonchev–Trinajstić information content (AvgIpc) is 3.13. The Labute approximate surface area is 325 Å². The molecule has 5 aromatic carbocycles. The molecule has 7 aromatic rings. The quantitative estimate of drug-likeness (QED) is 0.126. The van der Waals surface area contributed by atoms with E-state index < -0.39 is 15.6 Å². The summed E-state index contributed by atoms with van der Waals surface area (Å²) in [6.07, 6.45) is 3.90. The van der Waals surface area contributed by atoms with Gasteiger partial charge in [0.05, 0.1) is 0 Å². The van der Waals surface area contributed by atoms with Gasteiger partial charge in [-0.25, -0.2) is 14.5 Å². The van der Waals surface area contributed by atoms with Crippen molar-refractivity contribution in [2.75, 3.05) is 0 Å². The van der Waals surface area contributed by atoms with Crippen LogP contribution in [0.25, 0.3) is 21.8 Å². The first kappa shape index (κ1) is 44.0. The predicted molar refractivity (Wildman–Crippen MR) is 210 cm³/mol. The number of phosphoric ester groups is 2. The van der Waals surface area contributed by atoms with E-state index in [0.717, 1.165) is 11.0 Å². The summed E-state index contributed by atoms with van der Waals surface area (Å²) in [6, 6.07) is 32.1. The number of aromatic hydroxyl groups is 2. The predicted octanol–water partition coefficient (Wildman–Crippen LogP) is 3.81. The van der Waals surface area contributed by atoms with E-state index in [1.54, 1.807) is 72.8 Å². The van der Waals surface area contributed by atoms with E-state index in [9.17, 15) is 38.9 Å². The summed E-state index contributed by atoms with van der Waals surface area (Å²) in [5.41, 5.74) is 5.36. The van der Waals surface area contributed by atoms with Crippen molar-refractivity contribution < 1.29 is 69.4 Å². The van der Waals surface area contributed by atoms with Crippen molar-refractivity contribution in [2.24, 2.45) is 0 Å². The van der Waals surface area contributed by atoms with E-state index in [1.807, 2.05) is 24.5 Å². The van der Waals surface area contributed by atoms with Gasteiger partial charge in [-0.2, -0.15) is 0 Å². The molecule has 57 heavy (non-hydrogen) atoms. The van der Waals surface area contributed by atoms with E-state index in [0.29, 0.717) is 44.5 Å². The normalized spacial score (nSPS) is 13.0. The first-order valence-corrected chi connectivity index (χ1v) is 19.8. The van der Waals surface area contributed by atoms with Crippen LogP contribution < -0.4 is 18.9 Å². The van der Waals surface area contributed by atoms with E-state index in [-0.39, 0.29) is 65.1 Å². The fourth-order valence-corrected chi connectivity index (χ4v) is 7.65. The number of aromatic amines is 1. The van der Waals surface area contributed by atoms with Crippen LogP contribution >= 0.6 is 15.6 Å². The highest BCUT2D eigenvalue weighted by Gasteiger charge is 2.25. The molecule has 8 rings (SSSR count). The smallest absolute Gasteiger partial charge is 0.524 e. The van der Waals surface area contributed by atoms with Crippen LogP contribution in [0.5, 0.6) is 23.0 Å². The highest BCUT2D eigenvalue weighted by Crippen LogP contribution is 2.45. The third kappa shape index (κ3) is 10.2. The summed E-state index contributed by atoms with van der Waals surface area (Å²) in [5, 5.41) is 24.7. The van der Waals surface area contributed by atoms with Crippen molar-refractivity contribution in [3.8, 4) is 23.0 Å². The van der Waals surface area contributed by atoms with Gasteiger partial charge in [0.25, 0.3) is 0 Å². The van der Waals surface area contributed by atoms with Crippen LogP contribution in [0.1, 0.15) is 44.5 Å². The fraction of sp³-hybridized carbons (Fsp3) is 0.100. The number of benzene rings is 5. The number of H-pyrrole nitrogens is 1. The number of hydrogen-bond acceptors (Lipinski definition) is 8. The second kappa shape index (κ2) is 18.0. The monoisotopic (exact) mass is 818 g/mol. The van der Waals surface area contributed by atoms with Gasteiger partial charge < -0.3 is 45.5 Å². The lowest BCUT2D eigenvalue weighted by Gasteiger charge is -2.23. The van der Waals surface area contributed by atoms with E-state index >= 15 is 0 Å². The molecule has 298 valence electrons. The Morgan fingerprint density at radius 1 is 0.544 bits per heavy atom. The lowest BCUT2D eigenvalue weighted by molar-refractivity contribution is -0.343. The lowest BCUT2D eigenvalue weighted by Crippen LogP contribution is -2.09. The van der Waals surface area contributed by atoms with E-state index in [2.05, 4.69) is 34.2 Å². The van der Waals surface area contributed by atoms with Gasteiger partial charge in [0.15, 0.2) is 6.20 Å². The first-order chi connectivity index (χ1) is 25.8. The molecule has 0 radical (unpaired) electrons. The molecule has 1 atom stereocenters. The largest absolute Gasteiger partial charge is 0.746 e. The number of nitrogens with one attached hydrogen (secondary N) is 1. The zero-order valence-corrected chi connectivity index (χ0v) is 31.8. The number of nitrogens with zero attached hydrogens (tertiary/aromatic N) is 1. The molecule has 12 N–H and O–H groups in total. The standard InChI is InChI=1S/C28H26O10P2.C12H8N2.3H2O/c29-25-17-5-1-6-18(25)14-22-10-4-12-24(28(22)38-40(34,35)36)16-20-8-2-7-19(26(20)30)15-23-11-3-9-21(13-17)27(23)37-39(31,32)33;1-3-9-5-6-10-4-2-8-14-12(10)11(9)13-7-1;;;/h1-12,29-30H,13-16H2,(H2,31,32,33)(H2,34,35,36);1-8H;3*1H2. The van der Waals surface area contributed by atoms with Gasteiger partial charge in [0.2, 0.25) is 5.52 Å². The number of rotatable bonds is 4. The Hall–Kier alpha value is -5.70. The van der Waals surface area contributed by atoms with Gasteiger partial charge >= 0.3 is 15.6 Å². The van der Waals surface area contributed by atoms with Crippen LogP contribution in [-0.2, 0) is 34.8 Å². The van der Waals surface area contributed by atoms with Gasteiger partial charge in [-0.1, -0.05) is 84.9 Å². The molecule has 0 saturated heterocycles. The molecular formula is C40H40N2O13P2. The van der Waals surface area contributed by atoms with Crippen molar-refractivity contribution >= 4 is 37.5 Å². The topological polar surface area (TPSA) is 298 Å². The van der Waals surface area contributed by atoms with Crippen LogP contribution in [-0.4, -0.2) is 46.3 Å². The first-order valence-electron chi connectivity index (χ1n) is 16.8. The maximum absolute atomic E-state index is 11.9. The SMILES string of the molecule is O.O.O.O=P([O-])(O)Oc1c2cccc1Cc1cccc(c1O)Cc1cccc(c1OP(=O)(O)O)Cc1cccc(c1O)C2.c1cnc2c(c1)ccc1ccc[nH+]c12. The molecule has 2 heterocycles. The van der Waals surface area contributed by atoms with Crippen LogP contribution in [0.15, 0.2) is 122 Å². The molecule has 1 aliphatic rings. The van der Waals surface area contributed by atoms with Gasteiger partial charge in [0, 0.05) is 48.7 Å². The molecule has 8 bridgehead atoms. The minimum absolute atomic E-state index is 0. The summed E-state index contributed by atoms with van der Waals surface area (Å²) >= 11 is 0. The third-order valence-electron chi connectivity index (χ3n) is 9.11. The number of pyridine rings is 2. The van der Waals surface area contributed by atoms with Crippen molar-refractivity contribution in [1.82, 2.24) is 4.98 Å². The maximum atomic E-state index is 11.9. The number of phosphoric acid groups is 2. The van der Waals surface area contributed by atoms with E-state index in [1.165, 1.54) is 10.8 Å². The molecular weight excluding hydrogens is 778 g/mol. The molecule has 0 spiro atoms. The molecule has 1 aliphatic carbocycles. The fourth-order valence-electron chi connectivity index (χ4n) is 6.72. The number of fused-ring (bicyclic) bond motifs is 11.